The van der Waals surface area contributed by atoms with Crippen molar-refractivity contribution in [3.05, 3.63) is 12.7 Å². The molecule has 3 N–H and O–H groups in total. The zero-order valence-corrected chi connectivity index (χ0v) is 9.41. The van der Waals surface area contributed by atoms with Crippen molar-refractivity contribution in [2.45, 2.75) is 31.8 Å². The number of likely N-dealkylation sites (tertiary alicyclic amines) is 1. The molecule has 4 nitrogen and oxygen atoms in total. The molecule has 1 heterocycles. The van der Waals surface area contributed by atoms with Gasteiger partial charge in [-0.2, -0.15) is 0 Å². The number of carbonyl (C=O) groups excluding carboxylic acids is 1. The Hall–Kier alpha value is -0.870. The van der Waals surface area contributed by atoms with Crippen LogP contribution in [0, 0.1) is 0 Å². The van der Waals surface area contributed by atoms with Gasteiger partial charge in [-0.15, -0.1) is 6.58 Å². The highest BCUT2D eigenvalue weighted by Gasteiger charge is 2.24. The molecule has 0 radical (unpaired) electrons. The zero-order valence-electron chi connectivity index (χ0n) is 9.41. The second kappa shape index (κ2) is 5.88. The van der Waals surface area contributed by atoms with Gasteiger partial charge in [0.1, 0.15) is 0 Å². The van der Waals surface area contributed by atoms with Crippen molar-refractivity contribution in [3.8, 4) is 0 Å². The maximum absolute atomic E-state index is 11.5. The lowest BCUT2D eigenvalue weighted by atomic mass is 9.99. The van der Waals surface area contributed by atoms with Crippen molar-refractivity contribution < 1.29 is 4.79 Å². The quantitative estimate of drug-likeness (QED) is 0.648. The highest BCUT2D eigenvalue weighted by molar-refractivity contribution is 5.78. The minimum Gasteiger partial charge on any atom is -0.352 e. The predicted molar refractivity (Wildman–Crippen MR) is 61.5 cm³/mol. The van der Waals surface area contributed by atoms with Gasteiger partial charge in [0.2, 0.25) is 5.91 Å². The van der Waals surface area contributed by atoms with Crippen molar-refractivity contribution in [2.24, 2.45) is 5.73 Å². The summed E-state index contributed by atoms with van der Waals surface area (Å²) in [5.41, 5.74) is 5.86. The van der Waals surface area contributed by atoms with Crippen LogP contribution in [0.15, 0.2) is 12.7 Å². The van der Waals surface area contributed by atoms with Gasteiger partial charge >= 0.3 is 0 Å². The van der Waals surface area contributed by atoms with E-state index in [1.165, 1.54) is 0 Å². The molecule has 0 aromatic heterocycles. The Morgan fingerprint density at radius 1 is 1.73 bits per heavy atom. The van der Waals surface area contributed by atoms with E-state index in [1.54, 1.807) is 6.08 Å². The highest BCUT2D eigenvalue weighted by atomic mass is 16.2. The van der Waals surface area contributed by atoms with Gasteiger partial charge in [-0.05, 0) is 19.8 Å². The molecule has 0 bridgehead atoms. The average molecular weight is 211 g/mol. The molecule has 2 atom stereocenters. The standard InChI is InChI=1S/C11H21N3O/c1-3-5-13-11(15)8-14-6-4-10(12)7-9(14)2/h3,9-10H,1,4-8,12H2,2H3,(H,13,15). The fourth-order valence-corrected chi connectivity index (χ4v) is 1.92. The van der Waals surface area contributed by atoms with E-state index in [9.17, 15) is 4.79 Å². The second-order valence-corrected chi connectivity index (χ2v) is 4.20. The van der Waals surface area contributed by atoms with E-state index in [1.807, 2.05) is 0 Å². The number of amides is 1. The minimum atomic E-state index is 0.0669. The minimum absolute atomic E-state index is 0.0669. The first-order valence-electron chi connectivity index (χ1n) is 5.50. The summed E-state index contributed by atoms with van der Waals surface area (Å²) in [7, 11) is 0. The number of carbonyl (C=O) groups is 1. The Morgan fingerprint density at radius 3 is 3.07 bits per heavy atom. The number of nitrogens with zero attached hydrogens (tertiary/aromatic N) is 1. The average Bonchev–Trinajstić information content (AvgIpc) is 2.19. The van der Waals surface area contributed by atoms with Gasteiger partial charge in [-0.25, -0.2) is 0 Å². The lowest BCUT2D eigenvalue weighted by molar-refractivity contribution is -0.122. The van der Waals surface area contributed by atoms with Crippen LogP contribution in [0.2, 0.25) is 0 Å². The van der Waals surface area contributed by atoms with E-state index < -0.39 is 0 Å². The van der Waals surface area contributed by atoms with Crippen LogP contribution in [-0.4, -0.2) is 42.5 Å². The topological polar surface area (TPSA) is 58.4 Å². The molecule has 0 aromatic carbocycles. The fourth-order valence-electron chi connectivity index (χ4n) is 1.92. The van der Waals surface area contributed by atoms with Crippen molar-refractivity contribution >= 4 is 5.91 Å². The summed E-state index contributed by atoms with van der Waals surface area (Å²) in [4.78, 5) is 13.6. The third-order valence-electron chi connectivity index (χ3n) is 2.84. The summed E-state index contributed by atoms with van der Waals surface area (Å²) >= 11 is 0. The van der Waals surface area contributed by atoms with Gasteiger partial charge in [0, 0.05) is 25.2 Å². The molecular weight excluding hydrogens is 190 g/mol. The predicted octanol–water partition coefficient (Wildman–Crippen LogP) is 0.100. The number of piperidine rings is 1. The first-order valence-corrected chi connectivity index (χ1v) is 5.50. The molecule has 0 aliphatic carbocycles. The molecule has 1 saturated heterocycles. The normalized spacial score (nSPS) is 27.3. The van der Waals surface area contributed by atoms with E-state index in [4.69, 9.17) is 5.73 Å². The number of hydrogen-bond acceptors (Lipinski definition) is 3. The van der Waals surface area contributed by atoms with Crippen molar-refractivity contribution in [1.29, 1.82) is 0 Å². The van der Waals surface area contributed by atoms with Crippen molar-refractivity contribution in [2.75, 3.05) is 19.6 Å². The lowest BCUT2D eigenvalue weighted by Crippen LogP contribution is -2.49. The van der Waals surface area contributed by atoms with E-state index in [0.29, 0.717) is 25.2 Å². The van der Waals surface area contributed by atoms with Crippen LogP contribution in [0.1, 0.15) is 19.8 Å². The van der Waals surface area contributed by atoms with Gasteiger partial charge in [0.05, 0.1) is 6.54 Å². The molecule has 1 aliphatic rings. The number of rotatable bonds is 4. The van der Waals surface area contributed by atoms with Gasteiger partial charge in [0.25, 0.3) is 0 Å². The maximum atomic E-state index is 11.5. The van der Waals surface area contributed by atoms with Crippen LogP contribution < -0.4 is 11.1 Å². The molecule has 1 fully saturated rings. The van der Waals surface area contributed by atoms with Crippen LogP contribution in [0.3, 0.4) is 0 Å². The van der Waals surface area contributed by atoms with E-state index in [2.05, 4.69) is 23.7 Å². The fraction of sp³-hybridized carbons (Fsp3) is 0.727. The Kier molecular flexibility index (Phi) is 4.78. The molecule has 1 rings (SSSR count). The van der Waals surface area contributed by atoms with E-state index >= 15 is 0 Å². The Balaban J connectivity index is 2.31. The smallest absolute Gasteiger partial charge is 0.234 e. The second-order valence-electron chi connectivity index (χ2n) is 4.20. The summed E-state index contributed by atoms with van der Waals surface area (Å²) in [5.74, 6) is 0.0669. The van der Waals surface area contributed by atoms with Crippen LogP contribution in [-0.2, 0) is 4.79 Å². The van der Waals surface area contributed by atoms with E-state index in [0.717, 1.165) is 19.4 Å². The van der Waals surface area contributed by atoms with Gasteiger partial charge < -0.3 is 11.1 Å². The van der Waals surface area contributed by atoms with Crippen LogP contribution in [0.25, 0.3) is 0 Å². The molecule has 0 saturated carbocycles. The third kappa shape index (κ3) is 4.01. The number of hydrogen-bond donors (Lipinski definition) is 2. The molecule has 0 spiro atoms. The molecule has 2 unspecified atom stereocenters. The third-order valence-corrected chi connectivity index (χ3v) is 2.84. The molecule has 1 amide bonds. The molecule has 0 aromatic rings. The lowest BCUT2D eigenvalue weighted by Gasteiger charge is -2.35. The van der Waals surface area contributed by atoms with Crippen LogP contribution >= 0.6 is 0 Å². The molecule has 1 aliphatic heterocycles. The number of nitrogens with one attached hydrogen (secondary N) is 1. The Bertz CT molecular complexity index is 230. The highest BCUT2D eigenvalue weighted by Crippen LogP contribution is 2.14. The maximum Gasteiger partial charge on any atom is 0.234 e. The summed E-state index contributed by atoms with van der Waals surface area (Å²) < 4.78 is 0. The first-order chi connectivity index (χ1) is 7.13. The summed E-state index contributed by atoms with van der Waals surface area (Å²) in [5, 5.41) is 2.78. The van der Waals surface area contributed by atoms with E-state index in [-0.39, 0.29) is 5.91 Å². The largest absolute Gasteiger partial charge is 0.352 e. The summed E-state index contributed by atoms with van der Waals surface area (Å²) in [6.45, 7) is 7.62. The Labute approximate surface area is 91.5 Å². The zero-order chi connectivity index (χ0) is 11.3. The monoisotopic (exact) mass is 211 g/mol. The number of nitrogens with two attached hydrogens (primary N) is 1. The molecule has 4 heteroatoms. The van der Waals surface area contributed by atoms with Gasteiger partial charge in [0.15, 0.2) is 0 Å². The Morgan fingerprint density at radius 2 is 2.47 bits per heavy atom. The molecular formula is C11H21N3O. The van der Waals surface area contributed by atoms with Gasteiger partial charge in [-0.3, -0.25) is 9.69 Å². The molecule has 15 heavy (non-hydrogen) atoms. The SMILES string of the molecule is C=CCNC(=O)CN1CCC(N)CC1C. The van der Waals surface area contributed by atoms with Crippen LogP contribution in [0.4, 0.5) is 0 Å². The van der Waals surface area contributed by atoms with Crippen molar-refractivity contribution in [3.63, 3.8) is 0 Å². The first kappa shape index (κ1) is 12.2. The van der Waals surface area contributed by atoms with Gasteiger partial charge in [-0.1, -0.05) is 6.08 Å². The van der Waals surface area contributed by atoms with Crippen LogP contribution in [0.5, 0.6) is 0 Å². The summed E-state index contributed by atoms with van der Waals surface area (Å²) in [6, 6.07) is 0.704. The molecule has 86 valence electrons. The van der Waals surface area contributed by atoms with Crippen molar-refractivity contribution in [1.82, 2.24) is 10.2 Å². The summed E-state index contributed by atoms with van der Waals surface area (Å²) in [6.07, 6.45) is 3.65.